The van der Waals surface area contributed by atoms with Crippen LogP contribution in [-0.4, -0.2) is 29.4 Å². The van der Waals surface area contributed by atoms with E-state index in [1.807, 2.05) is 36.4 Å². The highest BCUT2D eigenvalue weighted by Crippen LogP contribution is 2.34. The van der Waals surface area contributed by atoms with Gasteiger partial charge in [0.2, 0.25) is 13.6 Å². The van der Waals surface area contributed by atoms with Crippen LogP contribution in [0.5, 0.6) is 23.0 Å². The van der Waals surface area contributed by atoms with Gasteiger partial charge in [-0.25, -0.2) is 0 Å². The summed E-state index contributed by atoms with van der Waals surface area (Å²) in [6.45, 7) is 1.16. The first-order valence-corrected chi connectivity index (χ1v) is 9.24. The molecule has 1 amide bonds. The Kier molecular flexibility index (Phi) is 4.40. The van der Waals surface area contributed by atoms with Crippen molar-refractivity contribution in [3.8, 4) is 23.0 Å². The van der Waals surface area contributed by atoms with Crippen molar-refractivity contribution in [3.63, 3.8) is 0 Å². The zero-order valence-electron chi connectivity index (χ0n) is 15.5. The maximum Gasteiger partial charge on any atom is 0.254 e. The minimum absolute atomic E-state index is 0.119. The lowest BCUT2D eigenvalue weighted by Gasteiger charge is -2.23. The molecule has 0 bridgehead atoms. The Balaban J connectivity index is 1.44. The second kappa shape index (κ2) is 7.35. The van der Waals surface area contributed by atoms with Crippen molar-refractivity contribution in [2.75, 3.05) is 13.6 Å². The minimum atomic E-state index is -0.119. The maximum absolute atomic E-state index is 13.3. The predicted octanol–water partition coefficient (Wildman–Crippen LogP) is 3.38. The summed E-state index contributed by atoms with van der Waals surface area (Å²) in [4.78, 5) is 19.4. The van der Waals surface area contributed by atoms with Crippen LogP contribution in [0.1, 0.15) is 21.6 Å². The second-order valence-electron chi connectivity index (χ2n) is 6.74. The number of hydrogen-bond donors (Lipinski definition) is 0. The molecule has 0 saturated carbocycles. The van der Waals surface area contributed by atoms with E-state index in [0.29, 0.717) is 41.7 Å². The second-order valence-corrected chi connectivity index (χ2v) is 6.74. The molecule has 0 atom stereocenters. The van der Waals surface area contributed by atoms with E-state index in [2.05, 4.69) is 4.98 Å². The van der Waals surface area contributed by atoms with Crippen molar-refractivity contribution in [2.45, 2.75) is 13.1 Å². The zero-order chi connectivity index (χ0) is 19.6. The Morgan fingerprint density at radius 1 is 0.828 bits per heavy atom. The van der Waals surface area contributed by atoms with E-state index in [1.54, 1.807) is 29.3 Å². The molecule has 29 heavy (non-hydrogen) atoms. The lowest BCUT2D eigenvalue weighted by molar-refractivity contribution is 0.0727. The van der Waals surface area contributed by atoms with Gasteiger partial charge in [0.05, 0.1) is 12.2 Å². The molecule has 0 fully saturated rings. The number of nitrogens with zero attached hydrogens (tertiary/aromatic N) is 2. The Labute approximate surface area is 167 Å². The normalized spacial score (nSPS) is 13.4. The Bertz CT molecular complexity index is 1050. The lowest BCUT2D eigenvalue weighted by Crippen LogP contribution is -2.30. The van der Waals surface area contributed by atoms with E-state index < -0.39 is 0 Å². The predicted molar refractivity (Wildman–Crippen MR) is 103 cm³/mol. The molecule has 1 aromatic heterocycles. The number of fused-ring (bicyclic) bond motifs is 2. The summed E-state index contributed by atoms with van der Waals surface area (Å²) in [6.07, 6.45) is 1.72. The largest absolute Gasteiger partial charge is 0.454 e. The zero-order valence-corrected chi connectivity index (χ0v) is 15.5. The number of carbonyl (C=O) groups excluding carboxylic acids is 1. The third kappa shape index (κ3) is 3.54. The van der Waals surface area contributed by atoms with E-state index in [9.17, 15) is 4.79 Å². The fourth-order valence-electron chi connectivity index (χ4n) is 3.36. The Hall–Kier alpha value is -3.74. The van der Waals surface area contributed by atoms with Crippen LogP contribution >= 0.6 is 0 Å². The van der Waals surface area contributed by atoms with Crippen molar-refractivity contribution < 1.29 is 23.7 Å². The van der Waals surface area contributed by atoms with Crippen molar-refractivity contribution in [3.05, 3.63) is 77.6 Å². The van der Waals surface area contributed by atoms with Crippen LogP contribution in [0.15, 0.2) is 60.8 Å². The van der Waals surface area contributed by atoms with Gasteiger partial charge in [-0.05, 0) is 48.0 Å². The van der Waals surface area contributed by atoms with Gasteiger partial charge in [0, 0.05) is 18.3 Å². The van der Waals surface area contributed by atoms with Gasteiger partial charge < -0.3 is 23.8 Å². The number of aromatic nitrogens is 1. The Morgan fingerprint density at radius 2 is 1.55 bits per heavy atom. The molecule has 146 valence electrons. The highest BCUT2D eigenvalue weighted by molar-refractivity contribution is 5.95. The number of amides is 1. The molecule has 0 radical (unpaired) electrons. The molecule has 0 aliphatic carbocycles. The van der Waals surface area contributed by atoms with Gasteiger partial charge >= 0.3 is 0 Å². The molecular weight excluding hydrogens is 372 g/mol. The number of pyridine rings is 1. The van der Waals surface area contributed by atoms with Crippen LogP contribution in [0.25, 0.3) is 0 Å². The smallest absolute Gasteiger partial charge is 0.254 e. The molecule has 0 N–H and O–H groups in total. The van der Waals surface area contributed by atoms with E-state index in [1.165, 1.54) is 0 Å². The first kappa shape index (κ1) is 17.4. The molecule has 3 heterocycles. The summed E-state index contributed by atoms with van der Waals surface area (Å²) in [7, 11) is 0. The monoisotopic (exact) mass is 390 g/mol. The molecule has 0 saturated heterocycles. The third-order valence-electron chi connectivity index (χ3n) is 4.80. The molecular formula is C22H18N2O5. The summed E-state index contributed by atoms with van der Waals surface area (Å²) < 4.78 is 21.6. The van der Waals surface area contributed by atoms with Crippen LogP contribution in [0, 0.1) is 0 Å². The molecule has 7 heteroatoms. The molecule has 2 aliphatic heterocycles. The topological polar surface area (TPSA) is 70.1 Å². The van der Waals surface area contributed by atoms with Crippen LogP contribution in [0.4, 0.5) is 0 Å². The molecule has 2 aliphatic rings. The number of carbonyl (C=O) groups is 1. The fraction of sp³-hybridized carbons (Fsp3) is 0.182. The Morgan fingerprint density at radius 3 is 2.31 bits per heavy atom. The first-order chi connectivity index (χ1) is 14.3. The van der Waals surface area contributed by atoms with Crippen LogP contribution in [-0.2, 0) is 13.1 Å². The quantitative estimate of drug-likeness (QED) is 0.665. The van der Waals surface area contributed by atoms with Gasteiger partial charge in [0.15, 0.2) is 23.0 Å². The fourth-order valence-corrected chi connectivity index (χ4v) is 3.36. The summed E-state index contributed by atoms with van der Waals surface area (Å²) in [5, 5.41) is 0. The van der Waals surface area contributed by atoms with Crippen molar-refractivity contribution >= 4 is 5.91 Å². The molecule has 7 nitrogen and oxygen atoms in total. The number of rotatable bonds is 5. The van der Waals surface area contributed by atoms with Crippen molar-refractivity contribution in [1.82, 2.24) is 9.88 Å². The van der Waals surface area contributed by atoms with Gasteiger partial charge in [-0.3, -0.25) is 9.78 Å². The van der Waals surface area contributed by atoms with Crippen LogP contribution in [0.2, 0.25) is 0 Å². The van der Waals surface area contributed by atoms with Gasteiger partial charge in [-0.2, -0.15) is 0 Å². The summed E-state index contributed by atoms with van der Waals surface area (Å²) >= 11 is 0. The number of ether oxygens (including phenoxy) is 4. The summed E-state index contributed by atoms with van der Waals surface area (Å²) in [5.74, 6) is 2.51. The van der Waals surface area contributed by atoms with E-state index in [4.69, 9.17) is 18.9 Å². The average molecular weight is 390 g/mol. The van der Waals surface area contributed by atoms with E-state index in [0.717, 1.165) is 11.3 Å². The molecule has 0 spiro atoms. The van der Waals surface area contributed by atoms with Gasteiger partial charge in [0.25, 0.3) is 5.91 Å². The summed E-state index contributed by atoms with van der Waals surface area (Å²) in [5.41, 5.74) is 2.28. The SMILES string of the molecule is O=C(c1ccc2c(c1)OCO2)N(Cc1ccc2c(c1)OCO2)Cc1ccccn1. The lowest BCUT2D eigenvalue weighted by atomic mass is 10.1. The molecule has 3 aromatic rings. The van der Waals surface area contributed by atoms with Gasteiger partial charge in [-0.1, -0.05) is 12.1 Å². The average Bonchev–Trinajstić information content (AvgIpc) is 3.41. The molecule has 0 unspecified atom stereocenters. The van der Waals surface area contributed by atoms with E-state index >= 15 is 0 Å². The van der Waals surface area contributed by atoms with E-state index in [-0.39, 0.29) is 19.5 Å². The number of hydrogen-bond acceptors (Lipinski definition) is 6. The van der Waals surface area contributed by atoms with Crippen LogP contribution in [0.3, 0.4) is 0 Å². The summed E-state index contributed by atoms with van der Waals surface area (Å²) in [6, 6.07) is 16.6. The first-order valence-electron chi connectivity index (χ1n) is 9.24. The minimum Gasteiger partial charge on any atom is -0.454 e. The standard InChI is InChI=1S/C22H18N2O5/c25-22(16-5-7-19-21(10-16)29-14-27-19)24(12-17-3-1-2-8-23-17)11-15-4-6-18-20(9-15)28-13-26-18/h1-10H,11-14H2. The van der Waals surface area contributed by atoms with Crippen molar-refractivity contribution in [2.24, 2.45) is 0 Å². The van der Waals surface area contributed by atoms with Gasteiger partial charge in [-0.15, -0.1) is 0 Å². The highest BCUT2D eigenvalue weighted by Gasteiger charge is 2.22. The van der Waals surface area contributed by atoms with Gasteiger partial charge in [0.1, 0.15) is 0 Å². The molecule has 2 aromatic carbocycles. The third-order valence-corrected chi connectivity index (χ3v) is 4.80. The van der Waals surface area contributed by atoms with Crippen molar-refractivity contribution in [1.29, 1.82) is 0 Å². The molecule has 5 rings (SSSR count). The number of benzene rings is 2. The highest BCUT2D eigenvalue weighted by atomic mass is 16.7. The maximum atomic E-state index is 13.3. The van der Waals surface area contributed by atoms with Crippen LogP contribution < -0.4 is 18.9 Å².